The third kappa shape index (κ3) is 4.91. The van der Waals surface area contributed by atoms with Gasteiger partial charge < -0.3 is 19.8 Å². The van der Waals surface area contributed by atoms with E-state index < -0.39 is 17.7 Å². The maximum absolute atomic E-state index is 12.9. The Morgan fingerprint density at radius 2 is 1.78 bits per heavy atom. The number of carbonyl (C=O) groups is 2. The minimum atomic E-state index is -0.793. The maximum atomic E-state index is 12.9. The second-order valence-electron chi connectivity index (χ2n) is 7.78. The summed E-state index contributed by atoms with van der Waals surface area (Å²) in [5.41, 5.74) is 0.954. The molecule has 1 saturated heterocycles. The Balaban J connectivity index is 1.98. The number of ketones is 1. The standard InChI is InChI=1S/C25H28ClNO5/c1-3-5-6-14-32-18-10-7-16(8-11-18)23(29)21-22(17-9-12-20(28)19(26)15-17)27(13-4-2)25(31)24(21)30/h7-12,15,22,28-29H,3-6,13-14H2,1-2H3/b23-21-. The van der Waals surface area contributed by atoms with Gasteiger partial charge in [0.1, 0.15) is 17.3 Å². The van der Waals surface area contributed by atoms with E-state index in [9.17, 15) is 19.8 Å². The number of nitrogens with zero attached hydrogens (tertiary/aromatic N) is 1. The van der Waals surface area contributed by atoms with E-state index >= 15 is 0 Å². The van der Waals surface area contributed by atoms with Crippen molar-refractivity contribution in [2.75, 3.05) is 13.2 Å². The Labute approximate surface area is 193 Å². The van der Waals surface area contributed by atoms with E-state index in [1.807, 2.05) is 6.92 Å². The number of halogens is 1. The first-order chi connectivity index (χ1) is 15.4. The first-order valence-electron chi connectivity index (χ1n) is 10.9. The number of rotatable bonds is 9. The fraction of sp³-hybridized carbons (Fsp3) is 0.360. The molecule has 0 radical (unpaired) electrons. The second-order valence-corrected chi connectivity index (χ2v) is 8.19. The average molecular weight is 458 g/mol. The molecule has 1 amide bonds. The lowest BCUT2D eigenvalue weighted by molar-refractivity contribution is -0.139. The smallest absolute Gasteiger partial charge is 0.295 e. The third-order valence-electron chi connectivity index (χ3n) is 5.44. The highest BCUT2D eigenvalue weighted by Crippen LogP contribution is 2.41. The zero-order chi connectivity index (χ0) is 23.3. The van der Waals surface area contributed by atoms with Gasteiger partial charge in [-0.3, -0.25) is 9.59 Å². The minimum Gasteiger partial charge on any atom is -0.507 e. The van der Waals surface area contributed by atoms with Crippen molar-refractivity contribution in [3.8, 4) is 11.5 Å². The largest absolute Gasteiger partial charge is 0.507 e. The van der Waals surface area contributed by atoms with Crippen molar-refractivity contribution in [2.24, 2.45) is 0 Å². The van der Waals surface area contributed by atoms with Crippen LogP contribution < -0.4 is 4.74 Å². The van der Waals surface area contributed by atoms with Crippen LogP contribution in [0.4, 0.5) is 0 Å². The highest BCUT2D eigenvalue weighted by Gasteiger charge is 2.45. The van der Waals surface area contributed by atoms with Crippen LogP contribution in [-0.2, 0) is 9.59 Å². The molecule has 1 atom stereocenters. The number of Topliss-reactive ketones (excluding diaryl/α,β-unsaturated/α-hetero) is 1. The van der Waals surface area contributed by atoms with Gasteiger partial charge in [0.2, 0.25) is 0 Å². The molecule has 1 unspecified atom stereocenters. The van der Waals surface area contributed by atoms with Crippen molar-refractivity contribution >= 4 is 29.1 Å². The van der Waals surface area contributed by atoms with Crippen molar-refractivity contribution in [2.45, 2.75) is 45.6 Å². The lowest BCUT2D eigenvalue weighted by atomic mass is 9.95. The molecule has 1 heterocycles. The quantitative estimate of drug-likeness (QED) is 0.226. The van der Waals surface area contributed by atoms with E-state index in [4.69, 9.17) is 16.3 Å². The van der Waals surface area contributed by atoms with Crippen LogP contribution in [0.5, 0.6) is 11.5 Å². The molecule has 3 rings (SSSR count). The molecule has 2 aromatic carbocycles. The van der Waals surface area contributed by atoms with Crippen LogP contribution >= 0.6 is 11.6 Å². The molecule has 0 aromatic heterocycles. The molecular weight excluding hydrogens is 430 g/mol. The number of carbonyl (C=O) groups excluding carboxylic acids is 2. The molecule has 1 aliphatic heterocycles. The van der Waals surface area contributed by atoms with E-state index in [0.717, 1.165) is 19.3 Å². The van der Waals surface area contributed by atoms with E-state index in [2.05, 4.69) is 6.92 Å². The molecule has 0 saturated carbocycles. The molecule has 2 aromatic rings. The van der Waals surface area contributed by atoms with E-state index in [-0.39, 0.29) is 22.1 Å². The summed E-state index contributed by atoms with van der Waals surface area (Å²) in [4.78, 5) is 27.1. The zero-order valence-corrected chi connectivity index (χ0v) is 19.1. The van der Waals surface area contributed by atoms with Crippen LogP contribution in [0.3, 0.4) is 0 Å². The van der Waals surface area contributed by atoms with Gasteiger partial charge in [-0.2, -0.15) is 0 Å². The number of aliphatic hydroxyl groups is 1. The fourth-order valence-corrected chi connectivity index (χ4v) is 3.99. The predicted molar refractivity (Wildman–Crippen MR) is 124 cm³/mol. The minimum absolute atomic E-state index is 0.00169. The van der Waals surface area contributed by atoms with Crippen molar-refractivity contribution in [3.05, 3.63) is 64.2 Å². The van der Waals surface area contributed by atoms with Crippen LogP contribution in [-0.4, -0.2) is 40.0 Å². The van der Waals surface area contributed by atoms with Gasteiger partial charge in [0.25, 0.3) is 11.7 Å². The van der Waals surface area contributed by atoms with Crippen LogP contribution in [0.2, 0.25) is 5.02 Å². The van der Waals surface area contributed by atoms with Crippen LogP contribution in [0.25, 0.3) is 5.76 Å². The van der Waals surface area contributed by atoms with Gasteiger partial charge in [-0.25, -0.2) is 0 Å². The second kappa shape index (κ2) is 10.6. The molecule has 6 nitrogen and oxygen atoms in total. The number of aromatic hydroxyl groups is 1. The monoisotopic (exact) mass is 457 g/mol. The molecule has 170 valence electrons. The topological polar surface area (TPSA) is 87.1 Å². The highest BCUT2D eigenvalue weighted by atomic mass is 35.5. The van der Waals surface area contributed by atoms with E-state index in [1.54, 1.807) is 30.3 Å². The van der Waals surface area contributed by atoms with Gasteiger partial charge in [-0.05, 0) is 54.8 Å². The van der Waals surface area contributed by atoms with Crippen molar-refractivity contribution in [1.29, 1.82) is 0 Å². The molecule has 7 heteroatoms. The highest BCUT2D eigenvalue weighted by molar-refractivity contribution is 6.46. The van der Waals surface area contributed by atoms with Crippen LogP contribution in [0, 0.1) is 0 Å². The lowest BCUT2D eigenvalue weighted by Crippen LogP contribution is -2.30. The number of benzene rings is 2. The third-order valence-corrected chi connectivity index (χ3v) is 5.74. The maximum Gasteiger partial charge on any atom is 0.295 e. The SMILES string of the molecule is CCCCCOc1ccc(/C(O)=C2/C(=O)C(=O)N(CCC)C2c2ccc(O)c(Cl)c2)cc1. The summed E-state index contributed by atoms with van der Waals surface area (Å²) >= 11 is 6.08. The summed E-state index contributed by atoms with van der Waals surface area (Å²) in [5, 5.41) is 20.9. The summed E-state index contributed by atoms with van der Waals surface area (Å²) in [5.74, 6) is -1.10. The van der Waals surface area contributed by atoms with Crippen molar-refractivity contribution in [3.63, 3.8) is 0 Å². The molecule has 1 aliphatic rings. The molecule has 1 fully saturated rings. The lowest BCUT2D eigenvalue weighted by Gasteiger charge is -2.25. The molecular formula is C25H28ClNO5. The number of unbranched alkanes of at least 4 members (excludes halogenated alkanes) is 2. The molecule has 0 bridgehead atoms. The van der Waals surface area contributed by atoms with Crippen molar-refractivity contribution < 1.29 is 24.5 Å². The summed E-state index contributed by atoms with van der Waals surface area (Å²) in [6.07, 6.45) is 3.81. The first kappa shape index (κ1) is 23.7. The normalized spacial score (nSPS) is 17.7. The number of hydrogen-bond acceptors (Lipinski definition) is 5. The number of ether oxygens (including phenoxy) is 1. The zero-order valence-electron chi connectivity index (χ0n) is 18.3. The van der Waals surface area contributed by atoms with Crippen LogP contribution in [0.15, 0.2) is 48.0 Å². The average Bonchev–Trinajstić information content (AvgIpc) is 3.04. The Kier molecular flexibility index (Phi) is 7.80. The number of hydrogen-bond donors (Lipinski definition) is 2. The first-order valence-corrected chi connectivity index (χ1v) is 11.3. The predicted octanol–water partition coefficient (Wildman–Crippen LogP) is 5.45. The Bertz CT molecular complexity index is 1020. The number of aliphatic hydroxyl groups excluding tert-OH is 1. The van der Waals surface area contributed by atoms with Gasteiger partial charge in [0.15, 0.2) is 0 Å². The number of phenols is 1. The molecule has 32 heavy (non-hydrogen) atoms. The number of likely N-dealkylation sites (tertiary alicyclic amines) is 1. The van der Waals surface area contributed by atoms with Crippen LogP contribution in [0.1, 0.15) is 56.7 Å². The summed E-state index contributed by atoms with van der Waals surface area (Å²) in [6.45, 7) is 4.98. The van der Waals surface area contributed by atoms with E-state index in [0.29, 0.717) is 36.4 Å². The Morgan fingerprint density at radius 1 is 1.06 bits per heavy atom. The number of amides is 1. The fourth-order valence-electron chi connectivity index (χ4n) is 3.80. The Hall–Kier alpha value is -2.99. The summed E-state index contributed by atoms with van der Waals surface area (Å²) in [6, 6.07) is 10.5. The van der Waals surface area contributed by atoms with Gasteiger partial charge in [0.05, 0.1) is 23.2 Å². The van der Waals surface area contributed by atoms with Gasteiger partial charge in [-0.1, -0.05) is 44.4 Å². The molecule has 0 spiro atoms. The van der Waals surface area contributed by atoms with Gasteiger partial charge in [0, 0.05) is 12.1 Å². The summed E-state index contributed by atoms with van der Waals surface area (Å²) in [7, 11) is 0. The van der Waals surface area contributed by atoms with Gasteiger partial charge >= 0.3 is 0 Å². The molecule has 2 N–H and O–H groups in total. The van der Waals surface area contributed by atoms with Crippen molar-refractivity contribution in [1.82, 2.24) is 4.90 Å². The van der Waals surface area contributed by atoms with E-state index in [1.165, 1.54) is 17.0 Å². The summed E-state index contributed by atoms with van der Waals surface area (Å²) < 4.78 is 5.70. The molecule has 0 aliphatic carbocycles. The Morgan fingerprint density at radius 3 is 2.41 bits per heavy atom. The number of phenolic OH excluding ortho intramolecular Hbond substituents is 1. The van der Waals surface area contributed by atoms with Gasteiger partial charge in [-0.15, -0.1) is 0 Å².